The van der Waals surface area contributed by atoms with Crippen LogP contribution in [-0.2, 0) is 4.74 Å². The van der Waals surface area contributed by atoms with Crippen molar-refractivity contribution in [1.29, 1.82) is 0 Å². The Kier molecular flexibility index (Phi) is 4.08. The van der Waals surface area contributed by atoms with Crippen molar-refractivity contribution in [2.24, 2.45) is 0 Å². The first-order chi connectivity index (χ1) is 10.1. The van der Waals surface area contributed by atoms with Gasteiger partial charge in [-0.2, -0.15) is 0 Å². The van der Waals surface area contributed by atoms with E-state index in [0.717, 1.165) is 5.75 Å². The lowest BCUT2D eigenvalue weighted by molar-refractivity contribution is 0.0488. The van der Waals surface area contributed by atoms with Crippen LogP contribution in [0.1, 0.15) is 21.8 Å². The molecule has 0 aromatic heterocycles. The first-order valence-electron chi connectivity index (χ1n) is 6.59. The number of hydrogen-bond donors (Lipinski definition) is 1. The zero-order valence-corrected chi connectivity index (χ0v) is 12.8. The molecule has 21 heavy (non-hydrogen) atoms. The van der Waals surface area contributed by atoms with Crippen LogP contribution >= 0.6 is 23.4 Å². The van der Waals surface area contributed by atoms with Crippen molar-refractivity contribution in [3.8, 4) is 0 Å². The number of carbonyl (C=O) groups is 1. The molecule has 0 amide bonds. The van der Waals surface area contributed by atoms with E-state index in [2.05, 4.69) is 12.1 Å². The summed E-state index contributed by atoms with van der Waals surface area (Å²) in [5.74, 6) is 0.734. The zero-order chi connectivity index (χ0) is 14.8. The van der Waals surface area contributed by atoms with E-state index >= 15 is 0 Å². The SMILES string of the molecule is Nc1ccc(Cl)cc1C(=O)OCC1CSc2ccccc21. The monoisotopic (exact) mass is 319 g/mol. The highest BCUT2D eigenvalue weighted by molar-refractivity contribution is 7.99. The topological polar surface area (TPSA) is 52.3 Å². The van der Waals surface area contributed by atoms with E-state index in [0.29, 0.717) is 22.9 Å². The second kappa shape index (κ2) is 6.00. The first kappa shape index (κ1) is 14.3. The molecule has 0 radical (unpaired) electrons. The van der Waals surface area contributed by atoms with Crippen molar-refractivity contribution in [3.05, 3.63) is 58.6 Å². The van der Waals surface area contributed by atoms with Crippen LogP contribution in [0.4, 0.5) is 5.69 Å². The Morgan fingerprint density at radius 2 is 2.14 bits per heavy atom. The van der Waals surface area contributed by atoms with E-state index in [1.165, 1.54) is 16.5 Å². The van der Waals surface area contributed by atoms with Crippen LogP contribution in [0.15, 0.2) is 47.4 Å². The minimum absolute atomic E-state index is 0.232. The number of carbonyl (C=O) groups excluding carboxylic acids is 1. The van der Waals surface area contributed by atoms with E-state index in [4.69, 9.17) is 22.1 Å². The number of nitrogens with two attached hydrogens (primary N) is 1. The first-order valence-corrected chi connectivity index (χ1v) is 7.95. The van der Waals surface area contributed by atoms with Gasteiger partial charge in [-0.3, -0.25) is 0 Å². The van der Waals surface area contributed by atoms with Crippen molar-refractivity contribution in [3.63, 3.8) is 0 Å². The predicted molar refractivity (Wildman–Crippen MR) is 86.1 cm³/mol. The molecule has 3 rings (SSSR count). The third kappa shape index (κ3) is 3.01. The smallest absolute Gasteiger partial charge is 0.340 e. The zero-order valence-electron chi connectivity index (χ0n) is 11.2. The van der Waals surface area contributed by atoms with Gasteiger partial charge < -0.3 is 10.5 Å². The van der Waals surface area contributed by atoms with Crippen molar-refractivity contribution in [2.75, 3.05) is 18.1 Å². The number of rotatable bonds is 3. The highest BCUT2D eigenvalue weighted by Gasteiger charge is 2.24. The largest absolute Gasteiger partial charge is 0.461 e. The number of benzene rings is 2. The number of esters is 1. The Hall–Kier alpha value is -1.65. The number of halogens is 1. The molecule has 0 bridgehead atoms. The molecule has 1 aliphatic rings. The summed E-state index contributed by atoms with van der Waals surface area (Å²) in [6.07, 6.45) is 0. The fourth-order valence-electron chi connectivity index (χ4n) is 2.33. The summed E-state index contributed by atoms with van der Waals surface area (Å²) in [5.41, 5.74) is 7.73. The molecule has 0 saturated heterocycles. The summed E-state index contributed by atoms with van der Waals surface area (Å²) >= 11 is 7.68. The molecule has 0 saturated carbocycles. The van der Waals surface area contributed by atoms with Gasteiger partial charge >= 0.3 is 5.97 Å². The fourth-order valence-corrected chi connectivity index (χ4v) is 3.73. The van der Waals surface area contributed by atoms with Gasteiger partial charge in [0.25, 0.3) is 0 Å². The summed E-state index contributed by atoms with van der Waals surface area (Å²) in [7, 11) is 0. The molecule has 5 heteroatoms. The quantitative estimate of drug-likeness (QED) is 0.687. The number of fused-ring (bicyclic) bond motifs is 1. The predicted octanol–water partition coefficient (Wildman–Crippen LogP) is 3.97. The van der Waals surface area contributed by atoms with Crippen LogP contribution in [0.5, 0.6) is 0 Å². The molecule has 1 heterocycles. The minimum Gasteiger partial charge on any atom is -0.461 e. The number of ether oxygens (including phenoxy) is 1. The minimum atomic E-state index is -0.426. The molecule has 1 aliphatic heterocycles. The molecule has 0 aliphatic carbocycles. The van der Waals surface area contributed by atoms with Crippen molar-refractivity contribution >= 4 is 35.0 Å². The molecule has 1 atom stereocenters. The van der Waals surface area contributed by atoms with Gasteiger partial charge in [0.1, 0.15) is 0 Å². The fraction of sp³-hybridized carbons (Fsp3) is 0.188. The number of anilines is 1. The van der Waals surface area contributed by atoms with Gasteiger partial charge in [0.05, 0.1) is 12.2 Å². The van der Waals surface area contributed by atoms with Crippen LogP contribution in [0, 0.1) is 0 Å². The lowest BCUT2D eigenvalue weighted by atomic mass is 10.0. The third-order valence-electron chi connectivity index (χ3n) is 3.45. The number of thioether (sulfide) groups is 1. The second-order valence-corrected chi connectivity index (χ2v) is 6.37. The van der Waals surface area contributed by atoms with Gasteiger partial charge in [0, 0.05) is 27.3 Å². The lowest BCUT2D eigenvalue weighted by Gasteiger charge is -2.12. The molecule has 3 nitrogen and oxygen atoms in total. The highest BCUT2D eigenvalue weighted by atomic mass is 35.5. The normalized spacial score (nSPS) is 16.5. The summed E-state index contributed by atoms with van der Waals surface area (Å²) in [5, 5.41) is 0.470. The Balaban J connectivity index is 1.69. The molecular weight excluding hydrogens is 306 g/mol. The summed E-state index contributed by atoms with van der Waals surface area (Å²) in [6, 6.07) is 13.0. The van der Waals surface area contributed by atoms with Gasteiger partial charge in [-0.15, -0.1) is 11.8 Å². The second-order valence-electron chi connectivity index (χ2n) is 4.88. The molecule has 2 N–H and O–H groups in total. The van der Waals surface area contributed by atoms with Crippen molar-refractivity contribution in [2.45, 2.75) is 10.8 Å². The van der Waals surface area contributed by atoms with Gasteiger partial charge in [-0.05, 0) is 29.8 Å². The molecule has 2 aromatic rings. The molecule has 1 unspecified atom stereocenters. The lowest BCUT2D eigenvalue weighted by Crippen LogP contribution is -2.14. The van der Waals surface area contributed by atoms with Gasteiger partial charge in [-0.1, -0.05) is 29.8 Å². The van der Waals surface area contributed by atoms with E-state index in [9.17, 15) is 4.79 Å². The Morgan fingerprint density at radius 3 is 3.00 bits per heavy atom. The molecule has 0 fully saturated rings. The van der Waals surface area contributed by atoms with E-state index in [1.807, 2.05) is 12.1 Å². The van der Waals surface area contributed by atoms with Gasteiger partial charge in [-0.25, -0.2) is 4.79 Å². The standard InChI is InChI=1S/C16H14ClNO2S/c17-11-5-6-14(18)13(7-11)16(19)20-8-10-9-21-15-4-2-1-3-12(10)15/h1-7,10H,8-9,18H2. The Morgan fingerprint density at radius 1 is 1.33 bits per heavy atom. The highest BCUT2D eigenvalue weighted by Crippen LogP contribution is 2.39. The van der Waals surface area contributed by atoms with Crippen molar-refractivity contribution in [1.82, 2.24) is 0 Å². The molecular formula is C16H14ClNO2S. The average molecular weight is 320 g/mol. The summed E-state index contributed by atoms with van der Waals surface area (Å²) < 4.78 is 5.41. The molecule has 2 aromatic carbocycles. The molecule has 0 spiro atoms. The van der Waals surface area contributed by atoms with E-state index in [1.54, 1.807) is 23.9 Å². The van der Waals surface area contributed by atoms with Crippen LogP contribution in [-0.4, -0.2) is 18.3 Å². The molecule has 108 valence electrons. The van der Waals surface area contributed by atoms with Gasteiger partial charge in [0.15, 0.2) is 0 Å². The maximum absolute atomic E-state index is 12.1. The summed E-state index contributed by atoms with van der Waals surface area (Å²) in [6.45, 7) is 0.356. The number of hydrogen-bond acceptors (Lipinski definition) is 4. The number of nitrogen functional groups attached to an aromatic ring is 1. The summed E-state index contributed by atoms with van der Waals surface area (Å²) in [4.78, 5) is 13.4. The van der Waals surface area contributed by atoms with Crippen LogP contribution < -0.4 is 5.73 Å². The third-order valence-corrected chi connectivity index (χ3v) is 4.94. The Bertz CT molecular complexity index is 690. The average Bonchev–Trinajstić information content (AvgIpc) is 2.90. The van der Waals surface area contributed by atoms with Crippen LogP contribution in [0.25, 0.3) is 0 Å². The van der Waals surface area contributed by atoms with Crippen molar-refractivity contribution < 1.29 is 9.53 Å². The van der Waals surface area contributed by atoms with Crippen LogP contribution in [0.3, 0.4) is 0 Å². The maximum Gasteiger partial charge on any atom is 0.340 e. The van der Waals surface area contributed by atoms with E-state index < -0.39 is 5.97 Å². The van der Waals surface area contributed by atoms with Crippen LogP contribution in [0.2, 0.25) is 5.02 Å². The van der Waals surface area contributed by atoms with Gasteiger partial charge in [0.2, 0.25) is 0 Å². The maximum atomic E-state index is 12.1. The van der Waals surface area contributed by atoms with E-state index in [-0.39, 0.29) is 5.92 Å². The Labute approximate surface area is 132 Å².